The summed E-state index contributed by atoms with van der Waals surface area (Å²) in [7, 11) is 0. The van der Waals surface area contributed by atoms with Gasteiger partial charge in [0.2, 0.25) is 11.8 Å². The lowest BCUT2D eigenvalue weighted by molar-refractivity contribution is -0.140. The van der Waals surface area contributed by atoms with E-state index in [0.29, 0.717) is 6.54 Å². The summed E-state index contributed by atoms with van der Waals surface area (Å²) in [6.07, 6.45) is 0.284. The molecule has 0 radical (unpaired) electrons. The first-order valence-electron chi connectivity index (χ1n) is 9.89. The second kappa shape index (κ2) is 9.54. The predicted molar refractivity (Wildman–Crippen MR) is 114 cm³/mol. The van der Waals surface area contributed by atoms with Crippen LogP contribution in [0.4, 0.5) is 0 Å². The number of hydrogen-bond acceptors (Lipinski definition) is 2. The van der Waals surface area contributed by atoms with Crippen molar-refractivity contribution in [2.45, 2.75) is 66.6 Å². The van der Waals surface area contributed by atoms with E-state index in [1.807, 2.05) is 64.1 Å². The molecule has 2 aromatic rings. The molecule has 2 amide bonds. The highest BCUT2D eigenvalue weighted by Crippen LogP contribution is 2.17. The number of hydrogen-bond donors (Lipinski definition) is 1. The molecule has 0 aliphatic rings. The van der Waals surface area contributed by atoms with Gasteiger partial charge in [-0.1, -0.05) is 42.5 Å². The minimum Gasteiger partial charge on any atom is -0.352 e. The van der Waals surface area contributed by atoms with Gasteiger partial charge >= 0.3 is 0 Å². The lowest BCUT2D eigenvalue weighted by Gasteiger charge is -2.30. The lowest BCUT2D eigenvalue weighted by atomic mass is 10.0. The van der Waals surface area contributed by atoms with Crippen LogP contribution in [0.1, 0.15) is 48.6 Å². The highest BCUT2D eigenvalue weighted by molar-refractivity contribution is 5.88. The van der Waals surface area contributed by atoms with Crippen molar-refractivity contribution in [2.75, 3.05) is 0 Å². The summed E-state index contributed by atoms with van der Waals surface area (Å²) in [6.45, 7) is 12.2. The molecule has 0 saturated heterocycles. The molecule has 0 fully saturated rings. The second-order valence-corrected chi connectivity index (χ2v) is 7.88. The maximum atomic E-state index is 13.2. The number of nitrogens with one attached hydrogen (secondary N) is 1. The van der Waals surface area contributed by atoms with E-state index >= 15 is 0 Å². The summed E-state index contributed by atoms with van der Waals surface area (Å²) >= 11 is 0. The topological polar surface area (TPSA) is 49.4 Å². The highest BCUT2D eigenvalue weighted by Gasteiger charge is 2.26. The maximum Gasteiger partial charge on any atom is 0.242 e. The normalized spacial score (nSPS) is 12.0. The molecule has 0 aliphatic heterocycles. The van der Waals surface area contributed by atoms with Crippen LogP contribution >= 0.6 is 0 Å². The Morgan fingerprint density at radius 1 is 0.929 bits per heavy atom. The SMILES string of the molecule is Cc1ccc(CC(=O)N(Cc2ccccc2C)[C@@H](C)C(=O)NC(C)C)cc1C. The zero-order valence-electron chi connectivity index (χ0n) is 17.9. The lowest BCUT2D eigenvalue weighted by Crippen LogP contribution is -2.49. The zero-order valence-corrected chi connectivity index (χ0v) is 17.9. The number of aryl methyl sites for hydroxylation is 3. The maximum absolute atomic E-state index is 13.2. The van der Waals surface area contributed by atoms with E-state index < -0.39 is 6.04 Å². The van der Waals surface area contributed by atoms with Gasteiger partial charge < -0.3 is 10.2 Å². The number of carbonyl (C=O) groups excluding carboxylic acids is 2. The quantitative estimate of drug-likeness (QED) is 0.786. The molecule has 0 spiro atoms. The zero-order chi connectivity index (χ0) is 20.8. The predicted octanol–water partition coefficient (Wildman–Crippen LogP) is 4.10. The average Bonchev–Trinajstić information content (AvgIpc) is 2.63. The van der Waals surface area contributed by atoms with Crippen molar-refractivity contribution in [3.63, 3.8) is 0 Å². The Balaban J connectivity index is 2.27. The number of nitrogens with zero attached hydrogens (tertiary/aromatic N) is 1. The molecule has 0 bridgehead atoms. The molecule has 4 heteroatoms. The fraction of sp³-hybridized carbons (Fsp3) is 0.417. The molecule has 2 aromatic carbocycles. The minimum atomic E-state index is -0.541. The van der Waals surface area contributed by atoms with E-state index in [1.165, 1.54) is 11.1 Å². The van der Waals surface area contributed by atoms with E-state index in [-0.39, 0.29) is 24.3 Å². The van der Waals surface area contributed by atoms with E-state index in [0.717, 1.165) is 16.7 Å². The largest absolute Gasteiger partial charge is 0.352 e. The number of carbonyl (C=O) groups is 2. The molecule has 0 heterocycles. The molecule has 4 nitrogen and oxygen atoms in total. The molecule has 0 aromatic heterocycles. The van der Waals surface area contributed by atoms with Crippen molar-refractivity contribution >= 4 is 11.8 Å². The molecule has 28 heavy (non-hydrogen) atoms. The summed E-state index contributed by atoms with van der Waals surface area (Å²) in [4.78, 5) is 27.5. The first-order valence-corrected chi connectivity index (χ1v) is 9.89. The van der Waals surface area contributed by atoms with Gasteiger partial charge in [-0.15, -0.1) is 0 Å². The van der Waals surface area contributed by atoms with Crippen molar-refractivity contribution < 1.29 is 9.59 Å². The molecule has 1 N–H and O–H groups in total. The van der Waals surface area contributed by atoms with Crippen LogP contribution in [0.5, 0.6) is 0 Å². The molecule has 2 rings (SSSR count). The third-order valence-electron chi connectivity index (χ3n) is 5.13. The summed E-state index contributed by atoms with van der Waals surface area (Å²) in [6, 6.07) is 13.6. The number of rotatable bonds is 7. The minimum absolute atomic E-state index is 0.0325. The van der Waals surface area contributed by atoms with Crippen molar-refractivity contribution in [1.82, 2.24) is 10.2 Å². The van der Waals surface area contributed by atoms with Crippen LogP contribution in [0, 0.1) is 20.8 Å². The Morgan fingerprint density at radius 3 is 2.21 bits per heavy atom. The van der Waals surface area contributed by atoms with Crippen LogP contribution in [0.25, 0.3) is 0 Å². The van der Waals surface area contributed by atoms with Gasteiger partial charge in [0.1, 0.15) is 6.04 Å². The van der Waals surface area contributed by atoms with E-state index in [9.17, 15) is 9.59 Å². The van der Waals surface area contributed by atoms with Crippen molar-refractivity contribution in [3.05, 3.63) is 70.3 Å². The van der Waals surface area contributed by atoms with Gasteiger partial charge in [-0.25, -0.2) is 0 Å². The van der Waals surface area contributed by atoms with Crippen molar-refractivity contribution in [1.29, 1.82) is 0 Å². The van der Waals surface area contributed by atoms with Crippen LogP contribution in [0.15, 0.2) is 42.5 Å². The standard InChI is InChI=1S/C24H32N2O2/c1-16(2)25-24(28)20(6)26(15-22-10-8-7-9-18(22)4)23(27)14-21-12-11-17(3)19(5)13-21/h7-13,16,20H,14-15H2,1-6H3,(H,25,28)/t20-/m0/s1. The Morgan fingerprint density at radius 2 is 1.61 bits per heavy atom. The van der Waals surface area contributed by atoms with Crippen LogP contribution in [-0.2, 0) is 22.6 Å². The van der Waals surface area contributed by atoms with Crippen molar-refractivity contribution in [3.8, 4) is 0 Å². The van der Waals surface area contributed by atoms with Gasteiger partial charge in [-0.05, 0) is 69.4 Å². The number of benzene rings is 2. The summed E-state index contributed by atoms with van der Waals surface area (Å²) in [5.74, 6) is -0.171. The van der Waals surface area contributed by atoms with Gasteiger partial charge in [0, 0.05) is 12.6 Å². The van der Waals surface area contributed by atoms with Gasteiger partial charge in [0.25, 0.3) is 0 Å². The molecule has 1 atom stereocenters. The molecule has 0 saturated carbocycles. The van der Waals surface area contributed by atoms with E-state index in [1.54, 1.807) is 11.8 Å². The van der Waals surface area contributed by atoms with E-state index in [4.69, 9.17) is 0 Å². The van der Waals surface area contributed by atoms with Crippen molar-refractivity contribution in [2.24, 2.45) is 0 Å². The molecular formula is C24H32N2O2. The highest BCUT2D eigenvalue weighted by atomic mass is 16.2. The van der Waals surface area contributed by atoms with Gasteiger partial charge in [-0.3, -0.25) is 9.59 Å². The third-order valence-corrected chi connectivity index (χ3v) is 5.13. The smallest absolute Gasteiger partial charge is 0.242 e. The number of amides is 2. The average molecular weight is 381 g/mol. The van der Waals surface area contributed by atoms with Crippen LogP contribution < -0.4 is 5.32 Å². The Hall–Kier alpha value is -2.62. The summed E-state index contributed by atoms with van der Waals surface area (Å²) in [5.41, 5.74) is 5.52. The summed E-state index contributed by atoms with van der Waals surface area (Å²) < 4.78 is 0. The fourth-order valence-electron chi connectivity index (χ4n) is 3.15. The molecule has 150 valence electrons. The third kappa shape index (κ3) is 5.69. The molecular weight excluding hydrogens is 348 g/mol. The first-order chi connectivity index (χ1) is 13.2. The monoisotopic (exact) mass is 380 g/mol. The fourth-order valence-corrected chi connectivity index (χ4v) is 3.15. The van der Waals surface area contributed by atoms with Crippen LogP contribution in [0.2, 0.25) is 0 Å². The van der Waals surface area contributed by atoms with Crippen LogP contribution in [-0.4, -0.2) is 28.8 Å². The van der Waals surface area contributed by atoms with E-state index in [2.05, 4.69) is 18.3 Å². The van der Waals surface area contributed by atoms with Gasteiger partial charge in [0.15, 0.2) is 0 Å². The Labute approximate surface area is 169 Å². The molecule has 0 aliphatic carbocycles. The van der Waals surface area contributed by atoms with Gasteiger partial charge in [0.05, 0.1) is 6.42 Å². The Bertz CT molecular complexity index is 842. The van der Waals surface area contributed by atoms with Gasteiger partial charge in [-0.2, -0.15) is 0 Å². The van der Waals surface area contributed by atoms with Crippen LogP contribution in [0.3, 0.4) is 0 Å². The Kier molecular flexibility index (Phi) is 7.38. The second-order valence-electron chi connectivity index (χ2n) is 7.88. The summed E-state index contributed by atoms with van der Waals surface area (Å²) in [5, 5.41) is 2.93. The first kappa shape index (κ1) is 21.7. The molecule has 0 unspecified atom stereocenters.